The number of carbonyl (C=O) groups is 1. The van der Waals surface area contributed by atoms with Crippen molar-refractivity contribution in [1.29, 1.82) is 0 Å². The average Bonchev–Trinajstić information content (AvgIpc) is 3.09. The quantitative estimate of drug-likeness (QED) is 0.778. The van der Waals surface area contributed by atoms with Gasteiger partial charge < -0.3 is 9.52 Å². The van der Waals surface area contributed by atoms with Crippen LogP contribution in [0.3, 0.4) is 0 Å². The maximum Gasteiger partial charge on any atom is 0.335 e. The molecule has 8 heteroatoms. The van der Waals surface area contributed by atoms with Gasteiger partial charge in [-0.3, -0.25) is 0 Å². The molecule has 3 rings (SSSR count). The van der Waals surface area contributed by atoms with Crippen molar-refractivity contribution >= 4 is 17.5 Å². The van der Waals surface area contributed by atoms with Crippen molar-refractivity contribution in [1.82, 2.24) is 19.8 Å². The van der Waals surface area contributed by atoms with Gasteiger partial charge in [0.2, 0.25) is 5.89 Å². The maximum absolute atomic E-state index is 10.9. The summed E-state index contributed by atoms with van der Waals surface area (Å²) in [6.07, 6.45) is 0. The molecule has 0 saturated heterocycles. The summed E-state index contributed by atoms with van der Waals surface area (Å²) in [6.45, 7) is 0. The van der Waals surface area contributed by atoms with Crippen LogP contribution < -0.4 is 0 Å². The number of benzene rings is 1. The number of aromatic carboxylic acids is 1. The van der Waals surface area contributed by atoms with Crippen molar-refractivity contribution in [2.24, 2.45) is 0 Å². The topological polar surface area (TPSA) is 102 Å². The number of hydrogen-bond donors (Lipinski definition) is 1. The standard InChI is InChI=1S/C11H6N4O3S/c16-11(17)7-3-1-2-6(4-7)9-13-14-10(18-9)8-5-19-15-12-8/h1-5H,(H,16,17). The highest BCUT2D eigenvalue weighted by Crippen LogP contribution is 2.23. The SMILES string of the molecule is O=C(O)c1cccc(-c2nnc(-c3csnn3)o2)c1. The van der Waals surface area contributed by atoms with E-state index in [1.807, 2.05) is 0 Å². The molecule has 0 radical (unpaired) electrons. The summed E-state index contributed by atoms with van der Waals surface area (Å²) in [5.74, 6) is -0.513. The minimum atomic E-state index is -1.01. The fourth-order valence-electron chi connectivity index (χ4n) is 1.49. The van der Waals surface area contributed by atoms with Crippen LogP contribution in [0.2, 0.25) is 0 Å². The van der Waals surface area contributed by atoms with Gasteiger partial charge in [-0.25, -0.2) is 4.79 Å². The molecule has 1 N–H and O–H groups in total. The molecule has 2 aromatic heterocycles. The van der Waals surface area contributed by atoms with E-state index in [4.69, 9.17) is 9.52 Å². The molecular weight excluding hydrogens is 268 g/mol. The molecule has 0 fully saturated rings. The number of carboxylic acid groups (broad SMARTS) is 1. The Labute approximate surface area is 110 Å². The van der Waals surface area contributed by atoms with Crippen molar-refractivity contribution in [3.63, 3.8) is 0 Å². The molecule has 1 aromatic carbocycles. The van der Waals surface area contributed by atoms with Crippen molar-refractivity contribution < 1.29 is 14.3 Å². The molecule has 0 amide bonds. The third-order valence-electron chi connectivity index (χ3n) is 2.36. The summed E-state index contributed by atoms with van der Waals surface area (Å²) in [4.78, 5) is 10.9. The Hall–Kier alpha value is -2.61. The highest BCUT2D eigenvalue weighted by Gasteiger charge is 2.13. The first-order chi connectivity index (χ1) is 9.24. The van der Waals surface area contributed by atoms with Gasteiger partial charge in [-0.2, -0.15) is 0 Å². The van der Waals surface area contributed by atoms with Crippen LogP contribution in [-0.4, -0.2) is 30.9 Å². The third kappa shape index (κ3) is 2.20. The van der Waals surface area contributed by atoms with Crippen molar-refractivity contribution in [2.45, 2.75) is 0 Å². The lowest BCUT2D eigenvalue weighted by atomic mass is 10.1. The van der Waals surface area contributed by atoms with Gasteiger partial charge in [0.1, 0.15) is 0 Å². The fourth-order valence-corrected chi connectivity index (χ4v) is 1.92. The van der Waals surface area contributed by atoms with Gasteiger partial charge >= 0.3 is 5.97 Å². The Morgan fingerprint density at radius 3 is 2.79 bits per heavy atom. The first-order valence-corrected chi connectivity index (χ1v) is 6.02. The first-order valence-electron chi connectivity index (χ1n) is 5.19. The molecule has 7 nitrogen and oxygen atoms in total. The van der Waals surface area contributed by atoms with E-state index in [0.717, 1.165) is 0 Å². The smallest absolute Gasteiger partial charge is 0.335 e. The van der Waals surface area contributed by atoms with Gasteiger partial charge in [-0.1, -0.05) is 10.6 Å². The number of hydrogen-bond acceptors (Lipinski definition) is 7. The van der Waals surface area contributed by atoms with E-state index in [1.54, 1.807) is 17.5 Å². The summed E-state index contributed by atoms with van der Waals surface area (Å²) in [7, 11) is 0. The molecule has 0 spiro atoms. The monoisotopic (exact) mass is 274 g/mol. The fraction of sp³-hybridized carbons (Fsp3) is 0. The molecule has 0 aliphatic carbocycles. The third-order valence-corrected chi connectivity index (χ3v) is 2.87. The predicted molar refractivity (Wildman–Crippen MR) is 65.6 cm³/mol. The number of aromatic nitrogens is 4. The number of nitrogens with zero attached hydrogens (tertiary/aromatic N) is 4. The molecule has 3 aromatic rings. The Morgan fingerprint density at radius 1 is 1.21 bits per heavy atom. The lowest BCUT2D eigenvalue weighted by Crippen LogP contribution is -1.95. The second-order valence-corrected chi connectivity index (χ2v) is 4.20. The van der Waals surface area contributed by atoms with Crippen LogP contribution in [-0.2, 0) is 0 Å². The predicted octanol–water partition coefficient (Wildman–Crippen LogP) is 1.95. The van der Waals surface area contributed by atoms with Gasteiger partial charge in [-0.05, 0) is 29.7 Å². The van der Waals surface area contributed by atoms with Gasteiger partial charge in [-0.15, -0.1) is 15.3 Å². The van der Waals surface area contributed by atoms with Crippen LogP contribution in [0, 0.1) is 0 Å². The van der Waals surface area contributed by atoms with Crippen molar-refractivity contribution in [3.05, 3.63) is 35.2 Å². The van der Waals surface area contributed by atoms with Crippen molar-refractivity contribution in [2.75, 3.05) is 0 Å². The van der Waals surface area contributed by atoms with Gasteiger partial charge in [0.05, 0.1) is 5.56 Å². The minimum absolute atomic E-state index is 0.160. The highest BCUT2D eigenvalue weighted by atomic mass is 32.1. The summed E-state index contributed by atoms with van der Waals surface area (Å²) < 4.78 is 9.14. The zero-order chi connectivity index (χ0) is 13.2. The lowest BCUT2D eigenvalue weighted by Gasteiger charge is -1.96. The Kier molecular flexibility index (Phi) is 2.76. The molecule has 94 valence electrons. The van der Waals surface area contributed by atoms with Gasteiger partial charge in [0.25, 0.3) is 5.89 Å². The average molecular weight is 274 g/mol. The molecule has 0 aliphatic rings. The highest BCUT2D eigenvalue weighted by molar-refractivity contribution is 7.03. The molecule has 0 atom stereocenters. The maximum atomic E-state index is 10.9. The van der Waals surface area contributed by atoms with Crippen molar-refractivity contribution in [3.8, 4) is 23.0 Å². The molecular formula is C11H6N4O3S. The number of carboxylic acids is 1. The van der Waals surface area contributed by atoms with E-state index in [1.165, 1.54) is 23.7 Å². The zero-order valence-electron chi connectivity index (χ0n) is 9.35. The van der Waals surface area contributed by atoms with E-state index < -0.39 is 5.97 Å². The van der Waals surface area contributed by atoms with E-state index >= 15 is 0 Å². The van der Waals surface area contributed by atoms with Crippen LogP contribution in [0.5, 0.6) is 0 Å². The van der Waals surface area contributed by atoms with E-state index in [-0.39, 0.29) is 17.3 Å². The second kappa shape index (κ2) is 4.58. The van der Waals surface area contributed by atoms with Crippen LogP contribution >= 0.6 is 11.5 Å². The molecule has 0 unspecified atom stereocenters. The molecule has 2 heterocycles. The van der Waals surface area contributed by atoms with Crippen LogP contribution in [0.4, 0.5) is 0 Å². The van der Waals surface area contributed by atoms with Crippen LogP contribution in [0.1, 0.15) is 10.4 Å². The molecule has 0 aliphatic heterocycles. The summed E-state index contributed by atoms with van der Waals surface area (Å²) in [6, 6.07) is 6.28. The van der Waals surface area contributed by atoms with Crippen LogP contribution in [0.25, 0.3) is 23.0 Å². The normalized spacial score (nSPS) is 10.5. The molecule has 19 heavy (non-hydrogen) atoms. The van der Waals surface area contributed by atoms with E-state index in [0.29, 0.717) is 11.3 Å². The molecule has 0 bridgehead atoms. The first kappa shape index (κ1) is 11.5. The lowest BCUT2D eigenvalue weighted by molar-refractivity contribution is 0.0697. The zero-order valence-corrected chi connectivity index (χ0v) is 10.2. The second-order valence-electron chi connectivity index (χ2n) is 3.59. The number of rotatable bonds is 3. The van der Waals surface area contributed by atoms with E-state index in [9.17, 15) is 4.79 Å². The van der Waals surface area contributed by atoms with Crippen LogP contribution in [0.15, 0.2) is 34.1 Å². The largest absolute Gasteiger partial charge is 0.478 e. The van der Waals surface area contributed by atoms with E-state index in [2.05, 4.69) is 19.8 Å². The van der Waals surface area contributed by atoms with Gasteiger partial charge in [0, 0.05) is 10.9 Å². The van der Waals surface area contributed by atoms with Gasteiger partial charge in [0.15, 0.2) is 5.69 Å². The molecule has 0 saturated carbocycles. The Morgan fingerprint density at radius 2 is 2.05 bits per heavy atom. The summed E-state index contributed by atoms with van der Waals surface area (Å²) in [5, 5.41) is 22.2. The Balaban J connectivity index is 1.99. The summed E-state index contributed by atoms with van der Waals surface area (Å²) in [5.41, 5.74) is 1.20. The minimum Gasteiger partial charge on any atom is -0.478 e. The summed E-state index contributed by atoms with van der Waals surface area (Å²) >= 11 is 1.18. The Bertz CT molecular complexity index is 723.